The van der Waals surface area contributed by atoms with Crippen LogP contribution in [0, 0.1) is 13.8 Å². The number of benzene rings is 2. The van der Waals surface area contributed by atoms with Crippen LogP contribution >= 0.6 is 0 Å². The summed E-state index contributed by atoms with van der Waals surface area (Å²) in [7, 11) is 0. The van der Waals surface area contributed by atoms with Crippen LogP contribution in [0.5, 0.6) is 0 Å². The zero-order chi connectivity index (χ0) is 15.4. The Morgan fingerprint density at radius 2 is 1.62 bits per heavy atom. The summed E-state index contributed by atoms with van der Waals surface area (Å²) in [6, 6.07) is 11.8. The number of amides is 3. The third-order valence-electron chi connectivity index (χ3n) is 3.06. The van der Waals surface area contributed by atoms with Gasteiger partial charge in [-0.1, -0.05) is 12.1 Å². The molecule has 0 atom stereocenters. The topological polar surface area (TPSA) is 84.2 Å². The lowest BCUT2D eigenvalue weighted by Crippen LogP contribution is -2.19. The van der Waals surface area contributed by atoms with E-state index in [9.17, 15) is 9.59 Å². The summed E-state index contributed by atoms with van der Waals surface area (Å²) in [5.41, 5.74) is 8.95. The number of nitrogens with one attached hydrogen (secondary N) is 2. The highest BCUT2D eigenvalue weighted by Gasteiger charge is 2.08. The van der Waals surface area contributed by atoms with Gasteiger partial charge >= 0.3 is 6.03 Å². The first-order chi connectivity index (χ1) is 9.95. The molecule has 0 heterocycles. The molecule has 0 saturated heterocycles. The molecule has 0 aliphatic carbocycles. The fraction of sp³-hybridized carbons (Fsp3) is 0.125. The molecule has 0 spiro atoms. The van der Waals surface area contributed by atoms with Gasteiger partial charge in [0.05, 0.1) is 0 Å². The first-order valence-corrected chi connectivity index (χ1v) is 6.51. The lowest BCUT2D eigenvalue weighted by molar-refractivity contribution is 0.102. The molecule has 0 unspecified atom stereocenters. The van der Waals surface area contributed by atoms with Crippen LogP contribution in [0.2, 0.25) is 0 Å². The summed E-state index contributed by atoms with van der Waals surface area (Å²) < 4.78 is 0. The average Bonchev–Trinajstić information content (AvgIpc) is 2.43. The number of anilines is 2. The van der Waals surface area contributed by atoms with Crippen LogP contribution in [0.25, 0.3) is 0 Å². The molecular formula is C16H17N3O2. The second kappa shape index (κ2) is 6.09. The number of carbonyl (C=O) groups excluding carboxylic acids is 2. The molecule has 5 heteroatoms. The molecule has 0 fully saturated rings. The van der Waals surface area contributed by atoms with Crippen molar-refractivity contribution in [1.82, 2.24) is 0 Å². The third kappa shape index (κ3) is 3.82. The van der Waals surface area contributed by atoms with Crippen LogP contribution in [0.15, 0.2) is 42.5 Å². The molecule has 2 rings (SSSR count). The minimum Gasteiger partial charge on any atom is -0.351 e. The molecule has 5 nitrogen and oxygen atoms in total. The van der Waals surface area contributed by atoms with E-state index in [1.807, 2.05) is 32.0 Å². The molecule has 0 radical (unpaired) electrons. The number of urea groups is 1. The normalized spacial score (nSPS) is 10.0. The summed E-state index contributed by atoms with van der Waals surface area (Å²) in [6.07, 6.45) is 0. The van der Waals surface area contributed by atoms with Crippen molar-refractivity contribution in [1.29, 1.82) is 0 Å². The van der Waals surface area contributed by atoms with Crippen molar-refractivity contribution in [2.45, 2.75) is 13.8 Å². The fourth-order valence-corrected chi connectivity index (χ4v) is 1.91. The molecule has 0 aliphatic rings. The van der Waals surface area contributed by atoms with Crippen molar-refractivity contribution in [2.75, 3.05) is 10.6 Å². The maximum Gasteiger partial charge on any atom is 0.316 e. The number of carbonyl (C=O) groups is 2. The highest BCUT2D eigenvalue weighted by molar-refractivity contribution is 6.05. The molecule has 2 aromatic carbocycles. The van der Waals surface area contributed by atoms with Gasteiger partial charge < -0.3 is 16.4 Å². The molecule has 21 heavy (non-hydrogen) atoms. The Morgan fingerprint density at radius 1 is 0.952 bits per heavy atom. The van der Waals surface area contributed by atoms with E-state index in [1.54, 1.807) is 24.3 Å². The fourth-order valence-electron chi connectivity index (χ4n) is 1.91. The minimum atomic E-state index is -0.636. The van der Waals surface area contributed by atoms with Crippen molar-refractivity contribution in [2.24, 2.45) is 5.73 Å². The van der Waals surface area contributed by atoms with E-state index in [0.717, 1.165) is 16.8 Å². The third-order valence-corrected chi connectivity index (χ3v) is 3.06. The van der Waals surface area contributed by atoms with Crippen LogP contribution in [0.1, 0.15) is 21.5 Å². The Bertz CT molecular complexity index is 678. The quantitative estimate of drug-likeness (QED) is 0.808. The smallest absolute Gasteiger partial charge is 0.316 e. The molecule has 0 aromatic heterocycles. The van der Waals surface area contributed by atoms with Crippen molar-refractivity contribution in [3.05, 3.63) is 59.2 Å². The average molecular weight is 283 g/mol. The Hall–Kier alpha value is -2.82. The summed E-state index contributed by atoms with van der Waals surface area (Å²) in [4.78, 5) is 22.9. The predicted molar refractivity (Wildman–Crippen MR) is 83.5 cm³/mol. The molecular weight excluding hydrogens is 266 g/mol. The van der Waals surface area contributed by atoms with Crippen molar-refractivity contribution < 1.29 is 9.59 Å². The molecule has 4 N–H and O–H groups in total. The van der Waals surface area contributed by atoms with Gasteiger partial charge in [0.15, 0.2) is 0 Å². The van der Waals surface area contributed by atoms with E-state index in [1.165, 1.54) is 0 Å². The van der Waals surface area contributed by atoms with E-state index in [2.05, 4.69) is 10.6 Å². The highest BCUT2D eigenvalue weighted by atomic mass is 16.2. The summed E-state index contributed by atoms with van der Waals surface area (Å²) in [6.45, 7) is 3.91. The molecule has 0 saturated carbocycles. The van der Waals surface area contributed by atoms with Gasteiger partial charge in [0.2, 0.25) is 0 Å². The predicted octanol–water partition coefficient (Wildman–Crippen LogP) is 3.05. The van der Waals surface area contributed by atoms with Gasteiger partial charge in [-0.2, -0.15) is 0 Å². The number of nitrogens with two attached hydrogens (primary N) is 1. The molecule has 2 aromatic rings. The Morgan fingerprint density at radius 3 is 2.24 bits per heavy atom. The van der Waals surface area contributed by atoms with Gasteiger partial charge in [-0.15, -0.1) is 0 Å². The van der Waals surface area contributed by atoms with Crippen LogP contribution < -0.4 is 16.4 Å². The highest BCUT2D eigenvalue weighted by Crippen LogP contribution is 2.18. The first-order valence-electron chi connectivity index (χ1n) is 6.51. The van der Waals surface area contributed by atoms with Crippen LogP contribution in [0.3, 0.4) is 0 Å². The molecule has 0 aliphatic heterocycles. The maximum atomic E-state index is 12.2. The van der Waals surface area contributed by atoms with Crippen molar-refractivity contribution >= 4 is 23.3 Å². The van der Waals surface area contributed by atoms with E-state index < -0.39 is 6.03 Å². The van der Waals surface area contributed by atoms with Crippen LogP contribution in [-0.2, 0) is 0 Å². The van der Waals surface area contributed by atoms with Crippen LogP contribution in [0.4, 0.5) is 16.2 Å². The summed E-state index contributed by atoms with van der Waals surface area (Å²) in [5.74, 6) is -0.200. The number of hydrogen-bond acceptors (Lipinski definition) is 2. The SMILES string of the molecule is Cc1ccc(C)c(NC(=O)c2ccc(NC(N)=O)cc2)c1. The zero-order valence-corrected chi connectivity index (χ0v) is 11.9. The van der Waals surface area contributed by atoms with E-state index in [0.29, 0.717) is 11.3 Å². The molecule has 3 amide bonds. The largest absolute Gasteiger partial charge is 0.351 e. The second-order valence-electron chi connectivity index (χ2n) is 4.84. The minimum absolute atomic E-state index is 0.200. The van der Waals surface area contributed by atoms with Gasteiger partial charge in [0, 0.05) is 16.9 Å². The maximum absolute atomic E-state index is 12.2. The summed E-state index contributed by atoms with van der Waals surface area (Å²) >= 11 is 0. The lowest BCUT2D eigenvalue weighted by atomic mass is 10.1. The Kier molecular flexibility index (Phi) is 4.23. The molecule has 0 bridgehead atoms. The van der Waals surface area contributed by atoms with Gasteiger partial charge in [0.25, 0.3) is 5.91 Å². The second-order valence-corrected chi connectivity index (χ2v) is 4.84. The van der Waals surface area contributed by atoms with Gasteiger partial charge in [-0.25, -0.2) is 4.79 Å². The Labute approximate surface area is 123 Å². The van der Waals surface area contributed by atoms with Gasteiger partial charge in [-0.05, 0) is 55.3 Å². The monoisotopic (exact) mass is 283 g/mol. The van der Waals surface area contributed by atoms with Crippen LogP contribution in [-0.4, -0.2) is 11.9 Å². The summed E-state index contributed by atoms with van der Waals surface area (Å²) in [5, 5.41) is 5.32. The number of primary amides is 1. The number of hydrogen-bond donors (Lipinski definition) is 3. The van der Waals surface area contributed by atoms with E-state index in [-0.39, 0.29) is 5.91 Å². The van der Waals surface area contributed by atoms with Gasteiger partial charge in [-0.3, -0.25) is 4.79 Å². The number of aryl methyl sites for hydroxylation is 2. The molecule has 108 valence electrons. The van der Waals surface area contributed by atoms with Gasteiger partial charge in [0.1, 0.15) is 0 Å². The first kappa shape index (κ1) is 14.6. The Balaban J connectivity index is 2.13. The lowest BCUT2D eigenvalue weighted by Gasteiger charge is -2.10. The van der Waals surface area contributed by atoms with Crippen molar-refractivity contribution in [3.63, 3.8) is 0 Å². The van der Waals surface area contributed by atoms with E-state index >= 15 is 0 Å². The standard InChI is InChI=1S/C16H17N3O2/c1-10-3-4-11(2)14(9-10)19-15(20)12-5-7-13(8-6-12)18-16(17)21/h3-9H,1-2H3,(H,19,20)(H3,17,18,21). The number of rotatable bonds is 3. The van der Waals surface area contributed by atoms with E-state index in [4.69, 9.17) is 5.73 Å². The zero-order valence-electron chi connectivity index (χ0n) is 11.9. The van der Waals surface area contributed by atoms with Crippen molar-refractivity contribution in [3.8, 4) is 0 Å².